The fourth-order valence-corrected chi connectivity index (χ4v) is 11.4. The van der Waals surface area contributed by atoms with Gasteiger partial charge in [0.15, 0.2) is 6.61 Å². The molecule has 3 aromatic rings. The second-order valence-electron chi connectivity index (χ2n) is 12.6. The van der Waals surface area contributed by atoms with Gasteiger partial charge in [-0.2, -0.15) is 0 Å². The molecule has 244 valence electrons. The summed E-state index contributed by atoms with van der Waals surface area (Å²) in [7, 11) is 0. The number of para-hydroxylation sites is 1. The molecule has 7 atom stereocenters. The molecule has 0 spiro atoms. The van der Waals surface area contributed by atoms with Gasteiger partial charge in [-0.25, -0.2) is 4.79 Å². The number of carbonyl (C=O) groups is 4. The van der Waals surface area contributed by atoms with Crippen molar-refractivity contribution in [3.05, 3.63) is 74.2 Å². The van der Waals surface area contributed by atoms with E-state index in [0.717, 1.165) is 21.9 Å². The average molecular weight is 676 g/mol. The summed E-state index contributed by atoms with van der Waals surface area (Å²) in [4.78, 5) is 72.9. The molecule has 1 N–H and O–H groups in total. The number of hydrogen-bond donors (Lipinski definition) is 1. The number of H-pyrrole nitrogens is 1. The van der Waals surface area contributed by atoms with E-state index in [1.54, 1.807) is 47.9 Å². The highest BCUT2D eigenvalue weighted by atomic mass is 32.2. The number of nitrogens with zero attached hydrogens (tertiary/aromatic N) is 2. The van der Waals surface area contributed by atoms with Gasteiger partial charge in [0.2, 0.25) is 11.8 Å². The number of fused-ring (bicyclic) bond motifs is 9. The lowest BCUT2D eigenvalue weighted by atomic mass is 9.68. The molecule has 1 aromatic heterocycles. The maximum Gasteiger partial charge on any atom is 0.338 e. The fraction of sp³-hybridized carbons (Fsp3) is 0.441. The highest BCUT2D eigenvalue weighted by Gasteiger charge is 2.69. The topological polar surface area (TPSA) is 135 Å². The quantitative estimate of drug-likeness (QED) is 0.295. The van der Waals surface area contributed by atoms with Crippen LogP contribution in [0.25, 0.3) is 0 Å². The van der Waals surface area contributed by atoms with Crippen molar-refractivity contribution in [3.63, 3.8) is 0 Å². The van der Waals surface area contributed by atoms with Gasteiger partial charge < -0.3 is 24.1 Å². The third-order valence-electron chi connectivity index (χ3n) is 10.3. The first-order valence-electron chi connectivity index (χ1n) is 16.0. The number of aromatic nitrogens is 1. The number of aromatic amines is 1. The van der Waals surface area contributed by atoms with Crippen molar-refractivity contribution in [2.75, 3.05) is 44.4 Å². The Kier molecular flexibility index (Phi) is 7.72. The van der Waals surface area contributed by atoms with Gasteiger partial charge in [0, 0.05) is 34.7 Å². The van der Waals surface area contributed by atoms with Crippen molar-refractivity contribution < 1.29 is 33.4 Å². The highest BCUT2D eigenvalue weighted by Crippen LogP contribution is 2.69. The number of thiazole rings is 1. The number of amides is 3. The second-order valence-corrected chi connectivity index (χ2v) is 14.8. The molecule has 4 fully saturated rings. The van der Waals surface area contributed by atoms with E-state index in [1.807, 2.05) is 24.3 Å². The van der Waals surface area contributed by atoms with Crippen molar-refractivity contribution in [1.82, 2.24) is 9.88 Å². The molecule has 13 heteroatoms. The zero-order valence-electron chi connectivity index (χ0n) is 25.6. The van der Waals surface area contributed by atoms with Crippen molar-refractivity contribution in [2.45, 2.75) is 29.5 Å². The summed E-state index contributed by atoms with van der Waals surface area (Å²) in [5.74, 6) is -1.73. The van der Waals surface area contributed by atoms with Crippen LogP contribution in [-0.2, 0) is 23.9 Å². The number of esters is 1. The summed E-state index contributed by atoms with van der Waals surface area (Å²) in [6.45, 7) is 3.93. The van der Waals surface area contributed by atoms with Crippen molar-refractivity contribution in [2.24, 2.45) is 29.6 Å². The van der Waals surface area contributed by atoms with Gasteiger partial charge in [-0.05, 0) is 61.4 Å². The Labute approximate surface area is 278 Å². The van der Waals surface area contributed by atoms with E-state index >= 15 is 0 Å². The van der Waals surface area contributed by atoms with Crippen LogP contribution in [0.2, 0.25) is 0 Å². The maximum atomic E-state index is 14.1. The molecule has 2 aromatic carbocycles. The van der Waals surface area contributed by atoms with Gasteiger partial charge in [0.1, 0.15) is 5.75 Å². The van der Waals surface area contributed by atoms with Crippen LogP contribution >= 0.6 is 23.1 Å². The van der Waals surface area contributed by atoms with Crippen LogP contribution in [0.1, 0.15) is 40.1 Å². The third-order valence-corrected chi connectivity index (χ3v) is 12.9. The third kappa shape index (κ3) is 4.93. The number of nitrogens with one attached hydrogen (secondary N) is 1. The van der Waals surface area contributed by atoms with Crippen LogP contribution in [0, 0.1) is 29.6 Å². The predicted octanol–water partition coefficient (Wildman–Crippen LogP) is 3.53. The molecular weight excluding hydrogens is 643 g/mol. The predicted molar refractivity (Wildman–Crippen MR) is 173 cm³/mol. The standard InChI is InChI=1S/C34H33N3O8S2/c1-2-44-33(41)17-7-9-18(10-8-17)37-31(39)26-20-15-21(27(26)32(37)40)28-25(20)24(29-30(46-28)35-34(42)47-29)19-5-3-4-6-22(19)45-16-23(38)36-11-13-43-14-12-36/h3-10,20-21,24-28H,2,11-16H2,1H3,(H,35,42)/t20-,21-,24+,25-,26+,27+,28-/m1/s1. The Morgan fingerprint density at radius 1 is 0.979 bits per heavy atom. The Morgan fingerprint density at radius 3 is 2.45 bits per heavy atom. The first kappa shape index (κ1) is 30.4. The second kappa shape index (κ2) is 11.9. The smallest absolute Gasteiger partial charge is 0.338 e. The highest BCUT2D eigenvalue weighted by molar-refractivity contribution is 8.00. The molecule has 0 unspecified atom stereocenters. The lowest BCUT2D eigenvalue weighted by Gasteiger charge is -2.43. The number of thioether (sulfide) groups is 1. The number of anilines is 1. The summed E-state index contributed by atoms with van der Waals surface area (Å²) in [5, 5.41) is 0.813. The Morgan fingerprint density at radius 2 is 1.70 bits per heavy atom. The zero-order chi connectivity index (χ0) is 32.4. The van der Waals surface area contributed by atoms with Crippen molar-refractivity contribution in [1.29, 1.82) is 0 Å². The van der Waals surface area contributed by atoms with Gasteiger partial charge in [-0.1, -0.05) is 29.5 Å². The molecule has 11 nitrogen and oxygen atoms in total. The molecule has 0 radical (unpaired) electrons. The van der Waals surface area contributed by atoms with Crippen LogP contribution in [-0.4, -0.2) is 78.3 Å². The maximum absolute atomic E-state index is 14.1. The average Bonchev–Trinajstić information content (AvgIpc) is 3.83. The lowest BCUT2D eigenvalue weighted by molar-refractivity contribution is -0.137. The van der Waals surface area contributed by atoms with Crippen LogP contribution in [0.5, 0.6) is 5.75 Å². The van der Waals surface area contributed by atoms with Crippen LogP contribution in [0.15, 0.2) is 58.4 Å². The molecule has 8 rings (SSSR count). The zero-order valence-corrected chi connectivity index (χ0v) is 27.2. The van der Waals surface area contributed by atoms with E-state index in [2.05, 4.69) is 4.98 Å². The monoisotopic (exact) mass is 675 g/mol. The molecule has 3 aliphatic heterocycles. The van der Waals surface area contributed by atoms with Crippen LogP contribution in [0.4, 0.5) is 5.69 Å². The molecule has 3 amide bonds. The summed E-state index contributed by atoms with van der Waals surface area (Å²) < 4.78 is 16.7. The first-order valence-corrected chi connectivity index (χ1v) is 17.7. The van der Waals surface area contributed by atoms with Crippen molar-refractivity contribution in [3.8, 4) is 5.75 Å². The first-order chi connectivity index (χ1) is 22.9. The molecule has 4 heterocycles. The van der Waals surface area contributed by atoms with Crippen LogP contribution in [0.3, 0.4) is 0 Å². The minimum absolute atomic E-state index is 0.00919. The molecule has 2 bridgehead atoms. The van der Waals surface area contributed by atoms with Gasteiger partial charge in [0.25, 0.3) is 5.91 Å². The van der Waals surface area contributed by atoms with E-state index in [-0.39, 0.29) is 64.7 Å². The van der Waals surface area contributed by atoms with Gasteiger partial charge in [0.05, 0.1) is 47.9 Å². The largest absolute Gasteiger partial charge is 0.483 e. The molecule has 2 saturated heterocycles. The van der Waals surface area contributed by atoms with E-state index in [1.165, 1.54) is 16.2 Å². The SMILES string of the molecule is CCOC(=O)c1ccc(N2C(=O)[C@H]3[C@H]4C[C@@H]([C@@H]3C2=O)[C@@H]2[C@H](c3ccccc3OCC(=O)N3CCOCC3)c3sc(=O)[nH]c3S[C@H]42)cc1. The summed E-state index contributed by atoms with van der Waals surface area (Å²) in [6, 6.07) is 14.1. The van der Waals surface area contributed by atoms with Crippen LogP contribution < -0.4 is 14.5 Å². The van der Waals surface area contributed by atoms with E-state index in [4.69, 9.17) is 14.2 Å². The molecule has 47 heavy (non-hydrogen) atoms. The lowest BCUT2D eigenvalue weighted by Crippen LogP contribution is -2.43. The number of morpholine rings is 1. The molecule has 5 aliphatic rings. The Hall–Kier alpha value is -3.94. The van der Waals surface area contributed by atoms with Gasteiger partial charge in [-0.3, -0.25) is 24.1 Å². The normalized spacial score (nSPS) is 29.0. The van der Waals surface area contributed by atoms with E-state index in [0.29, 0.717) is 43.3 Å². The minimum atomic E-state index is -0.477. The number of hydrogen-bond acceptors (Lipinski definition) is 10. The summed E-state index contributed by atoms with van der Waals surface area (Å²) >= 11 is 2.80. The van der Waals surface area contributed by atoms with Gasteiger partial charge >= 0.3 is 10.8 Å². The number of imide groups is 1. The fourth-order valence-electron chi connectivity index (χ4n) is 8.49. The number of ether oxygens (including phenoxy) is 3. The minimum Gasteiger partial charge on any atom is -0.483 e. The summed E-state index contributed by atoms with van der Waals surface area (Å²) in [6.07, 6.45) is 0.749. The van der Waals surface area contributed by atoms with E-state index in [9.17, 15) is 24.0 Å². The Bertz CT molecular complexity index is 1820. The van der Waals surface area contributed by atoms with Crippen molar-refractivity contribution >= 4 is 52.5 Å². The molecular formula is C34H33N3O8S2. The molecule has 2 saturated carbocycles. The number of carbonyl (C=O) groups excluding carboxylic acids is 4. The summed E-state index contributed by atoms with van der Waals surface area (Å²) in [5.41, 5.74) is 1.68. The molecule has 2 aliphatic carbocycles. The van der Waals surface area contributed by atoms with E-state index < -0.39 is 17.8 Å². The Balaban J connectivity index is 1.11. The number of benzene rings is 2. The van der Waals surface area contributed by atoms with Gasteiger partial charge in [-0.15, -0.1) is 11.8 Å². The number of rotatable bonds is 7.